The molecule has 0 unspecified atom stereocenters. The third-order valence-corrected chi connectivity index (χ3v) is 2.68. The third-order valence-electron chi connectivity index (χ3n) is 2.68. The summed E-state index contributed by atoms with van der Waals surface area (Å²) < 4.78 is 37.2. The van der Waals surface area contributed by atoms with Gasteiger partial charge < -0.3 is 0 Å². The molecule has 0 aliphatic rings. The average Bonchev–Trinajstić information content (AvgIpc) is 2.35. The van der Waals surface area contributed by atoms with Gasteiger partial charge in [0.25, 0.3) is 0 Å². The minimum atomic E-state index is -4.33. The maximum atomic E-state index is 12.4. The number of halogens is 3. The van der Waals surface area contributed by atoms with Gasteiger partial charge in [0.2, 0.25) is 0 Å². The Morgan fingerprint density at radius 1 is 0.750 bits per heavy atom. The number of benzene rings is 2. The highest BCUT2D eigenvalue weighted by molar-refractivity contribution is 5.44. The van der Waals surface area contributed by atoms with Gasteiger partial charge in [-0.1, -0.05) is 6.07 Å². The fraction of sp³-hybridized carbons (Fsp3) is 0.200. The molecule has 104 valence electrons. The van der Waals surface area contributed by atoms with E-state index in [2.05, 4.69) is 10.2 Å². The van der Waals surface area contributed by atoms with Gasteiger partial charge in [-0.15, -0.1) is 0 Å². The van der Waals surface area contributed by atoms with E-state index in [0.717, 1.165) is 23.3 Å². The summed E-state index contributed by atoms with van der Waals surface area (Å²) in [7, 11) is 0. The van der Waals surface area contributed by atoms with Gasteiger partial charge in [-0.05, 0) is 61.4 Å². The Kier molecular flexibility index (Phi) is 3.88. The SMILES string of the molecule is Cc1cc(C)cc(N=Nc2ccc(C(F)(F)F)cc2)c1. The maximum absolute atomic E-state index is 12.4. The molecular formula is C15H13F3N2. The van der Waals surface area contributed by atoms with Crippen molar-refractivity contribution in [1.82, 2.24) is 0 Å². The molecule has 0 N–H and O–H groups in total. The molecule has 2 rings (SSSR count). The van der Waals surface area contributed by atoms with E-state index in [0.29, 0.717) is 11.4 Å². The van der Waals surface area contributed by atoms with Gasteiger partial charge in [-0.2, -0.15) is 23.4 Å². The first-order valence-corrected chi connectivity index (χ1v) is 6.02. The zero-order valence-corrected chi connectivity index (χ0v) is 11.1. The van der Waals surface area contributed by atoms with Crippen LogP contribution in [-0.2, 0) is 6.18 Å². The predicted octanol–water partition coefficient (Wildman–Crippen LogP) is 5.74. The van der Waals surface area contributed by atoms with Crippen LogP contribution in [0.25, 0.3) is 0 Å². The first kappa shape index (κ1) is 14.2. The van der Waals surface area contributed by atoms with Crippen LogP contribution in [0.3, 0.4) is 0 Å². The Bertz CT molecular complexity index is 608. The number of nitrogens with zero attached hydrogens (tertiary/aromatic N) is 2. The summed E-state index contributed by atoms with van der Waals surface area (Å²) in [6.45, 7) is 3.90. The number of hydrogen-bond donors (Lipinski definition) is 0. The summed E-state index contributed by atoms with van der Waals surface area (Å²) in [6, 6.07) is 10.3. The molecule has 5 heteroatoms. The second-order valence-corrected chi connectivity index (χ2v) is 4.59. The molecule has 2 aromatic rings. The number of hydrogen-bond acceptors (Lipinski definition) is 2. The number of azo groups is 1. The fourth-order valence-corrected chi connectivity index (χ4v) is 1.84. The molecule has 0 amide bonds. The summed E-state index contributed by atoms with van der Waals surface area (Å²) >= 11 is 0. The van der Waals surface area contributed by atoms with E-state index in [1.807, 2.05) is 32.0 Å². The largest absolute Gasteiger partial charge is 0.416 e. The molecule has 2 nitrogen and oxygen atoms in total. The molecule has 0 bridgehead atoms. The molecule has 0 saturated carbocycles. The van der Waals surface area contributed by atoms with Gasteiger partial charge in [0.05, 0.1) is 16.9 Å². The molecule has 0 aliphatic heterocycles. The quantitative estimate of drug-likeness (QED) is 0.626. The summed E-state index contributed by atoms with van der Waals surface area (Å²) in [4.78, 5) is 0. The first-order chi connectivity index (χ1) is 9.34. The van der Waals surface area contributed by atoms with E-state index in [1.54, 1.807) is 0 Å². The van der Waals surface area contributed by atoms with Crippen molar-refractivity contribution in [3.05, 3.63) is 59.2 Å². The highest BCUT2D eigenvalue weighted by Gasteiger charge is 2.29. The van der Waals surface area contributed by atoms with Gasteiger partial charge in [0.15, 0.2) is 0 Å². The monoisotopic (exact) mass is 278 g/mol. The molecule has 2 aromatic carbocycles. The van der Waals surface area contributed by atoms with Crippen LogP contribution in [-0.4, -0.2) is 0 Å². The van der Waals surface area contributed by atoms with Crippen molar-refractivity contribution in [3.8, 4) is 0 Å². The van der Waals surface area contributed by atoms with Crippen LogP contribution < -0.4 is 0 Å². The molecule has 0 aromatic heterocycles. The first-order valence-electron chi connectivity index (χ1n) is 6.02. The van der Waals surface area contributed by atoms with Crippen LogP contribution in [0.15, 0.2) is 52.7 Å². The lowest BCUT2D eigenvalue weighted by Crippen LogP contribution is -2.03. The topological polar surface area (TPSA) is 24.7 Å². The van der Waals surface area contributed by atoms with E-state index < -0.39 is 11.7 Å². The Hall–Kier alpha value is -2.17. The highest BCUT2D eigenvalue weighted by atomic mass is 19.4. The minimum Gasteiger partial charge on any atom is -0.166 e. The number of aryl methyl sites for hydroxylation is 2. The van der Waals surface area contributed by atoms with E-state index in [4.69, 9.17) is 0 Å². The summed E-state index contributed by atoms with van der Waals surface area (Å²) in [5.41, 5.74) is 2.50. The molecule has 0 saturated heterocycles. The molecule has 0 spiro atoms. The van der Waals surface area contributed by atoms with Crippen LogP contribution in [0.5, 0.6) is 0 Å². The molecule has 0 aliphatic carbocycles. The summed E-state index contributed by atoms with van der Waals surface area (Å²) in [5, 5.41) is 7.97. The number of alkyl halides is 3. The van der Waals surface area contributed by atoms with Crippen molar-refractivity contribution in [2.24, 2.45) is 10.2 Å². The molecule has 0 radical (unpaired) electrons. The van der Waals surface area contributed by atoms with Crippen LogP contribution in [0.2, 0.25) is 0 Å². The van der Waals surface area contributed by atoms with Crippen molar-refractivity contribution >= 4 is 11.4 Å². The predicted molar refractivity (Wildman–Crippen MR) is 71.5 cm³/mol. The van der Waals surface area contributed by atoms with Gasteiger partial charge in [-0.3, -0.25) is 0 Å². The Morgan fingerprint density at radius 3 is 1.75 bits per heavy atom. The standard InChI is InChI=1S/C15H13F3N2/c1-10-7-11(2)9-14(8-10)20-19-13-5-3-12(4-6-13)15(16,17)18/h3-9H,1-2H3. The second kappa shape index (κ2) is 5.45. The molecule has 0 heterocycles. The second-order valence-electron chi connectivity index (χ2n) is 4.59. The van der Waals surface area contributed by atoms with Crippen molar-refractivity contribution in [1.29, 1.82) is 0 Å². The molecular weight excluding hydrogens is 265 g/mol. The van der Waals surface area contributed by atoms with Crippen LogP contribution in [0, 0.1) is 13.8 Å². The van der Waals surface area contributed by atoms with Crippen molar-refractivity contribution in [2.75, 3.05) is 0 Å². The smallest absolute Gasteiger partial charge is 0.166 e. The Morgan fingerprint density at radius 2 is 1.25 bits per heavy atom. The highest BCUT2D eigenvalue weighted by Crippen LogP contribution is 2.30. The number of rotatable bonds is 2. The molecule has 20 heavy (non-hydrogen) atoms. The Labute approximate surface area is 115 Å². The lowest BCUT2D eigenvalue weighted by molar-refractivity contribution is -0.137. The minimum absolute atomic E-state index is 0.386. The lowest BCUT2D eigenvalue weighted by Gasteiger charge is -2.05. The normalized spacial score (nSPS) is 12.1. The maximum Gasteiger partial charge on any atom is 0.416 e. The van der Waals surface area contributed by atoms with E-state index >= 15 is 0 Å². The van der Waals surface area contributed by atoms with E-state index in [1.165, 1.54) is 12.1 Å². The van der Waals surface area contributed by atoms with Gasteiger partial charge in [0, 0.05) is 0 Å². The van der Waals surface area contributed by atoms with E-state index in [9.17, 15) is 13.2 Å². The average molecular weight is 278 g/mol. The van der Waals surface area contributed by atoms with Crippen LogP contribution in [0.4, 0.5) is 24.5 Å². The van der Waals surface area contributed by atoms with E-state index in [-0.39, 0.29) is 0 Å². The third kappa shape index (κ3) is 3.66. The Balaban J connectivity index is 2.19. The lowest BCUT2D eigenvalue weighted by atomic mass is 10.1. The zero-order valence-electron chi connectivity index (χ0n) is 11.1. The summed E-state index contributed by atoms with van der Waals surface area (Å²) in [6.07, 6.45) is -4.33. The van der Waals surface area contributed by atoms with Crippen molar-refractivity contribution in [2.45, 2.75) is 20.0 Å². The molecule has 0 fully saturated rings. The van der Waals surface area contributed by atoms with Gasteiger partial charge in [0.1, 0.15) is 0 Å². The van der Waals surface area contributed by atoms with Crippen molar-refractivity contribution < 1.29 is 13.2 Å². The van der Waals surface area contributed by atoms with Crippen molar-refractivity contribution in [3.63, 3.8) is 0 Å². The summed E-state index contributed by atoms with van der Waals surface area (Å²) in [5.74, 6) is 0. The van der Waals surface area contributed by atoms with Gasteiger partial charge >= 0.3 is 6.18 Å². The van der Waals surface area contributed by atoms with Crippen LogP contribution in [0.1, 0.15) is 16.7 Å². The zero-order chi connectivity index (χ0) is 14.8. The van der Waals surface area contributed by atoms with Gasteiger partial charge in [-0.25, -0.2) is 0 Å². The van der Waals surface area contributed by atoms with Crippen LogP contribution >= 0.6 is 0 Å². The fourth-order valence-electron chi connectivity index (χ4n) is 1.84. The molecule has 0 atom stereocenters.